The molecule has 0 saturated heterocycles. The lowest BCUT2D eigenvalue weighted by Crippen LogP contribution is -2.05. The minimum atomic E-state index is 0.953. The van der Waals surface area contributed by atoms with Gasteiger partial charge in [-0.3, -0.25) is 9.98 Å². The number of aliphatic imine (C=N–C) groups is 2. The molecule has 0 spiro atoms. The monoisotopic (exact) mass is 292 g/mol. The average Bonchev–Trinajstić information content (AvgIpc) is 2.48. The van der Waals surface area contributed by atoms with E-state index in [0.29, 0.717) is 0 Å². The highest BCUT2D eigenvalue weighted by Gasteiger charge is 2.04. The van der Waals surface area contributed by atoms with E-state index in [0.717, 1.165) is 22.8 Å². The molecule has 0 fully saturated rings. The number of hydrogen-bond donors (Lipinski definition) is 0. The predicted octanol–water partition coefficient (Wildman–Crippen LogP) is 5.81. The molecule has 0 aromatic heterocycles. The van der Waals surface area contributed by atoms with Crippen molar-refractivity contribution in [3.05, 3.63) is 58.7 Å². The van der Waals surface area contributed by atoms with Gasteiger partial charge in [-0.1, -0.05) is 24.3 Å². The second-order valence-corrected chi connectivity index (χ2v) is 5.83. The number of aryl methyl sites for hydroxylation is 2. The van der Waals surface area contributed by atoms with Crippen LogP contribution in [0.5, 0.6) is 0 Å². The first-order valence-corrected chi connectivity index (χ1v) is 7.63. The first-order valence-electron chi connectivity index (χ1n) is 7.63. The van der Waals surface area contributed by atoms with E-state index in [2.05, 4.69) is 52.0 Å². The topological polar surface area (TPSA) is 24.7 Å². The smallest absolute Gasteiger partial charge is 0.0665 e. The summed E-state index contributed by atoms with van der Waals surface area (Å²) in [5.41, 5.74) is 8.92. The number of hydrogen-bond acceptors (Lipinski definition) is 2. The van der Waals surface area contributed by atoms with Crippen molar-refractivity contribution in [2.24, 2.45) is 9.98 Å². The average molecular weight is 292 g/mol. The Balaban J connectivity index is 2.38. The highest BCUT2D eigenvalue weighted by molar-refractivity contribution is 6.41. The highest BCUT2D eigenvalue weighted by atomic mass is 14.8. The van der Waals surface area contributed by atoms with Crippen LogP contribution in [0.4, 0.5) is 11.4 Å². The Morgan fingerprint density at radius 1 is 0.636 bits per heavy atom. The maximum Gasteiger partial charge on any atom is 0.0665 e. The third kappa shape index (κ3) is 3.51. The van der Waals surface area contributed by atoms with Crippen LogP contribution in [0.25, 0.3) is 0 Å². The molecule has 2 nitrogen and oxygen atoms in total. The van der Waals surface area contributed by atoms with Crippen LogP contribution in [-0.2, 0) is 0 Å². The lowest BCUT2D eigenvalue weighted by Gasteiger charge is -2.08. The summed E-state index contributed by atoms with van der Waals surface area (Å²) < 4.78 is 0. The molecule has 0 unspecified atom stereocenters. The fraction of sp³-hybridized carbons (Fsp3) is 0.300. The molecule has 114 valence electrons. The van der Waals surface area contributed by atoms with Gasteiger partial charge >= 0.3 is 0 Å². The predicted molar refractivity (Wildman–Crippen MR) is 97.4 cm³/mol. The van der Waals surface area contributed by atoms with Crippen LogP contribution in [-0.4, -0.2) is 11.4 Å². The van der Waals surface area contributed by atoms with Crippen molar-refractivity contribution in [2.45, 2.75) is 41.5 Å². The van der Waals surface area contributed by atoms with Gasteiger partial charge in [-0.15, -0.1) is 0 Å². The standard InChI is InChI=1S/C20H24N2/c1-13-9-7-11-19(15(13)3)21-17(5)18(6)22-20-12-8-10-14(2)16(20)4/h7-12H,1-6H3. The van der Waals surface area contributed by atoms with Crippen LogP contribution in [0.3, 0.4) is 0 Å². The van der Waals surface area contributed by atoms with Crippen molar-refractivity contribution < 1.29 is 0 Å². The van der Waals surface area contributed by atoms with Crippen LogP contribution in [0.2, 0.25) is 0 Å². The van der Waals surface area contributed by atoms with Gasteiger partial charge < -0.3 is 0 Å². The van der Waals surface area contributed by atoms with Crippen molar-refractivity contribution >= 4 is 22.8 Å². The van der Waals surface area contributed by atoms with Gasteiger partial charge in [-0.2, -0.15) is 0 Å². The summed E-state index contributed by atoms with van der Waals surface area (Å²) >= 11 is 0. The largest absolute Gasteiger partial charge is 0.252 e. The summed E-state index contributed by atoms with van der Waals surface area (Å²) in [5.74, 6) is 0. The van der Waals surface area contributed by atoms with E-state index in [9.17, 15) is 0 Å². The second kappa shape index (κ2) is 6.69. The first-order chi connectivity index (χ1) is 10.4. The molecular weight excluding hydrogens is 268 g/mol. The van der Waals surface area contributed by atoms with E-state index in [-0.39, 0.29) is 0 Å². The van der Waals surface area contributed by atoms with E-state index in [1.165, 1.54) is 22.3 Å². The van der Waals surface area contributed by atoms with E-state index in [1.54, 1.807) is 0 Å². The first kappa shape index (κ1) is 16.2. The molecule has 0 atom stereocenters. The van der Waals surface area contributed by atoms with Crippen molar-refractivity contribution in [2.75, 3.05) is 0 Å². The lowest BCUT2D eigenvalue weighted by atomic mass is 10.1. The highest BCUT2D eigenvalue weighted by Crippen LogP contribution is 2.23. The fourth-order valence-corrected chi connectivity index (χ4v) is 2.24. The van der Waals surface area contributed by atoms with Gasteiger partial charge in [0.15, 0.2) is 0 Å². The Bertz CT molecular complexity index is 687. The summed E-state index contributed by atoms with van der Waals surface area (Å²) in [4.78, 5) is 9.51. The molecular formula is C20H24N2. The zero-order valence-corrected chi connectivity index (χ0v) is 14.4. The third-order valence-electron chi connectivity index (χ3n) is 4.25. The second-order valence-electron chi connectivity index (χ2n) is 5.83. The zero-order valence-electron chi connectivity index (χ0n) is 14.4. The molecule has 2 aromatic rings. The number of benzene rings is 2. The zero-order chi connectivity index (χ0) is 16.3. The fourth-order valence-electron chi connectivity index (χ4n) is 2.24. The van der Waals surface area contributed by atoms with Crippen molar-refractivity contribution in [3.63, 3.8) is 0 Å². The molecule has 2 heteroatoms. The summed E-state index contributed by atoms with van der Waals surface area (Å²) in [5, 5.41) is 0. The van der Waals surface area contributed by atoms with Crippen LogP contribution in [0.15, 0.2) is 46.4 Å². The minimum absolute atomic E-state index is 0.953. The van der Waals surface area contributed by atoms with E-state index >= 15 is 0 Å². The minimum Gasteiger partial charge on any atom is -0.252 e. The molecule has 0 heterocycles. The Hall–Kier alpha value is -2.22. The lowest BCUT2D eigenvalue weighted by molar-refractivity contribution is 1.30. The SMILES string of the molecule is CC(=Nc1cccc(C)c1C)C(C)=Nc1cccc(C)c1C. The van der Waals surface area contributed by atoms with E-state index in [1.807, 2.05) is 26.0 Å². The summed E-state index contributed by atoms with van der Waals surface area (Å²) in [6.45, 7) is 12.5. The van der Waals surface area contributed by atoms with Gasteiger partial charge in [0.1, 0.15) is 0 Å². The molecule has 0 amide bonds. The van der Waals surface area contributed by atoms with Crippen molar-refractivity contribution in [3.8, 4) is 0 Å². The Morgan fingerprint density at radius 2 is 1.00 bits per heavy atom. The molecule has 0 aliphatic heterocycles. The Kier molecular flexibility index (Phi) is 4.92. The summed E-state index contributed by atoms with van der Waals surface area (Å²) in [7, 11) is 0. The van der Waals surface area contributed by atoms with Gasteiger partial charge in [0.2, 0.25) is 0 Å². The van der Waals surface area contributed by atoms with Crippen LogP contribution in [0.1, 0.15) is 36.1 Å². The van der Waals surface area contributed by atoms with Crippen LogP contribution < -0.4 is 0 Å². The third-order valence-corrected chi connectivity index (χ3v) is 4.25. The van der Waals surface area contributed by atoms with Gasteiger partial charge in [0.05, 0.1) is 22.8 Å². The molecule has 2 rings (SSSR count). The van der Waals surface area contributed by atoms with E-state index < -0.39 is 0 Å². The summed E-state index contributed by atoms with van der Waals surface area (Å²) in [6.07, 6.45) is 0. The van der Waals surface area contributed by atoms with Gasteiger partial charge in [0, 0.05) is 0 Å². The Labute approximate surface area is 133 Å². The van der Waals surface area contributed by atoms with Crippen LogP contribution in [0, 0.1) is 27.7 Å². The normalized spacial score (nSPS) is 12.6. The maximum atomic E-state index is 4.75. The molecule has 0 aliphatic rings. The van der Waals surface area contributed by atoms with E-state index in [4.69, 9.17) is 9.98 Å². The number of rotatable bonds is 3. The van der Waals surface area contributed by atoms with Gasteiger partial charge in [0.25, 0.3) is 0 Å². The maximum absolute atomic E-state index is 4.75. The van der Waals surface area contributed by atoms with Crippen molar-refractivity contribution in [1.29, 1.82) is 0 Å². The quantitative estimate of drug-likeness (QED) is 0.638. The number of nitrogens with zero attached hydrogens (tertiary/aromatic N) is 2. The van der Waals surface area contributed by atoms with Crippen LogP contribution >= 0.6 is 0 Å². The molecule has 0 radical (unpaired) electrons. The molecule has 0 saturated carbocycles. The summed E-state index contributed by atoms with van der Waals surface area (Å²) in [6, 6.07) is 12.4. The molecule has 0 N–H and O–H groups in total. The molecule has 0 aliphatic carbocycles. The molecule has 2 aromatic carbocycles. The van der Waals surface area contributed by atoms with Crippen molar-refractivity contribution in [1.82, 2.24) is 0 Å². The van der Waals surface area contributed by atoms with Gasteiger partial charge in [-0.05, 0) is 75.9 Å². The molecule has 22 heavy (non-hydrogen) atoms. The van der Waals surface area contributed by atoms with Gasteiger partial charge in [-0.25, -0.2) is 0 Å². The Morgan fingerprint density at radius 3 is 1.36 bits per heavy atom. The molecule has 0 bridgehead atoms.